The maximum absolute atomic E-state index is 12.3. The van der Waals surface area contributed by atoms with Crippen molar-refractivity contribution in [1.29, 1.82) is 0 Å². The second-order valence-electron chi connectivity index (χ2n) is 7.30. The molecule has 2 N–H and O–H groups in total. The number of hydrazine groups is 1. The van der Waals surface area contributed by atoms with Gasteiger partial charge < -0.3 is 10.2 Å². The lowest BCUT2D eigenvalue weighted by Crippen LogP contribution is -2.54. The molecule has 2 aliphatic heterocycles. The molecule has 0 spiro atoms. The number of imide groups is 1. The third-order valence-corrected chi connectivity index (χ3v) is 5.36. The molecule has 2 fully saturated rings. The van der Waals surface area contributed by atoms with Gasteiger partial charge in [0.2, 0.25) is 0 Å². The van der Waals surface area contributed by atoms with Gasteiger partial charge in [-0.3, -0.25) is 30.0 Å². The Kier molecular flexibility index (Phi) is 5.69. The van der Waals surface area contributed by atoms with Crippen molar-refractivity contribution in [2.75, 3.05) is 37.6 Å². The van der Waals surface area contributed by atoms with Gasteiger partial charge in [0.15, 0.2) is 0 Å². The Morgan fingerprint density at radius 3 is 2.48 bits per heavy atom. The van der Waals surface area contributed by atoms with E-state index in [0.29, 0.717) is 38.3 Å². The molecular formula is C18H24N6O5. The highest BCUT2D eigenvalue weighted by Gasteiger charge is 2.47. The minimum atomic E-state index is -1.01. The zero-order valence-electron chi connectivity index (χ0n) is 16.4. The molecule has 0 bridgehead atoms. The highest BCUT2D eigenvalue weighted by atomic mass is 16.6. The minimum absolute atomic E-state index is 0.0185. The minimum Gasteiger partial charge on any atom is -0.363 e. The van der Waals surface area contributed by atoms with E-state index >= 15 is 0 Å². The topological polar surface area (TPSA) is 128 Å². The van der Waals surface area contributed by atoms with E-state index in [4.69, 9.17) is 0 Å². The number of piperazine rings is 1. The molecule has 1 aromatic rings. The number of carbonyl (C=O) groups excluding carboxylic acids is 3. The van der Waals surface area contributed by atoms with Gasteiger partial charge in [0.05, 0.1) is 11.5 Å². The number of nitrogens with zero attached hydrogens (tertiary/aromatic N) is 4. The van der Waals surface area contributed by atoms with Crippen LogP contribution in [0.2, 0.25) is 0 Å². The van der Waals surface area contributed by atoms with Crippen LogP contribution >= 0.6 is 0 Å². The van der Waals surface area contributed by atoms with Crippen molar-refractivity contribution in [3.05, 3.63) is 34.4 Å². The molecule has 0 radical (unpaired) electrons. The standard InChI is InChI=1S/C18H24N6O5/c1-3-18(2)16(26)23(17(27)19-18)20-15(25)12-21-8-10-22(11-9-21)13-6-4-5-7-14(13)24(28)29/h4-7H,3,8-12H2,1-2H3,(H,19,27)(H,20,25). The molecule has 11 nitrogen and oxygen atoms in total. The maximum Gasteiger partial charge on any atom is 0.344 e. The van der Waals surface area contributed by atoms with Gasteiger partial charge in [-0.05, 0) is 19.4 Å². The van der Waals surface area contributed by atoms with Crippen molar-refractivity contribution >= 4 is 29.2 Å². The smallest absolute Gasteiger partial charge is 0.344 e. The van der Waals surface area contributed by atoms with Crippen molar-refractivity contribution < 1.29 is 19.3 Å². The number of carbonyl (C=O) groups is 3. The Morgan fingerprint density at radius 2 is 1.90 bits per heavy atom. The van der Waals surface area contributed by atoms with Crippen LogP contribution in [0.15, 0.2) is 24.3 Å². The Bertz CT molecular complexity index is 838. The van der Waals surface area contributed by atoms with Crippen LogP contribution in [0.25, 0.3) is 0 Å². The zero-order chi connectivity index (χ0) is 21.2. The average Bonchev–Trinajstić information content (AvgIpc) is 2.92. The number of anilines is 1. The molecule has 156 valence electrons. The number of para-hydroxylation sites is 2. The number of nitro groups is 1. The first-order valence-electron chi connectivity index (χ1n) is 9.42. The number of hydrogen-bond acceptors (Lipinski definition) is 7. The number of amides is 4. The van der Waals surface area contributed by atoms with Crippen molar-refractivity contribution in [1.82, 2.24) is 20.7 Å². The van der Waals surface area contributed by atoms with Crippen LogP contribution in [0.1, 0.15) is 20.3 Å². The fourth-order valence-corrected chi connectivity index (χ4v) is 3.42. The van der Waals surface area contributed by atoms with Gasteiger partial charge >= 0.3 is 6.03 Å². The van der Waals surface area contributed by atoms with E-state index in [-0.39, 0.29) is 12.2 Å². The highest BCUT2D eigenvalue weighted by Crippen LogP contribution is 2.28. The fraction of sp³-hybridized carbons (Fsp3) is 0.500. The van der Waals surface area contributed by atoms with Gasteiger partial charge in [-0.2, -0.15) is 5.01 Å². The number of nitrogens with one attached hydrogen (secondary N) is 2. The summed E-state index contributed by atoms with van der Waals surface area (Å²) in [5.41, 5.74) is 1.96. The molecule has 1 atom stereocenters. The highest BCUT2D eigenvalue weighted by molar-refractivity contribution is 6.07. The molecule has 4 amide bonds. The van der Waals surface area contributed by atoms with Crippen molar-refractivity contribution in [2.45, 2.75) is 25.8 Å². The molecule has 11 heteroatoms. The van der Waals surface area contributed by atoms with E-state index in [1.807, 2.05) is 9.80 Å². The largest absolute Gasteiger partial charge is 0.363 e. The van der Waals surface area contributed by atoms with Crippen LogP contribution in [0, 0.1) is 10.1 Å². The molecule has 3 rings (SSSR count). The van der Waals surface area contributed by atoms with E-state index < -0.39 is 28.3 Å². The zero-order valence-corrected chi connectivity index (χ0v) is 16.4. The summed E-state index contributed by atoms with van der Waals surface area (Å²) in [4.78, 5) is 51.2. The summed E-state index contributed by atoms with van der Waals surface area (Å²) in [6.07, 6.45) is 0.414. The molecule has 2 saturated heterocycles. The molecule has 2 heterocycles. The quantitative estimate of drug-likeness (QED) is 0.401. The normalized spacial score (nSPS) is 22.6. The number of nitro benzene ring substituents is 1. The number of hydrogen-bond donors (Lipinski definition) is 2. The van der Waals surface area contributed by atoms with Crippen LogP contribution < -0.4 is 15.6 Å². The molecular weight excluding hydrogens is 380 g/mol. The lowest BCUT2D eigenvalue weighted by molar-refractivity contribution is -0.384. The number of rotatable bonds is 6. The Labute approximate surface area is 167 Å². The average molecular weight is 404 g/mol. The molecule has 0 aromatic heterocycles. The summed E-state index contributed by atoms with van der Waals surface area (Å²) in [6.45, 7) is 5.50. The summed E-state index contributed by atoms with van der Waals surface area (Å²) in [7, 11) is 0. The fourth-order valence-electron chi connectivity index (χ4n) is 3.42. The van der Waals surface area contributed by atoms with Crippen molar-refractivity contribution in [2.24, 2.45) is 0 Å². The predicted molar refractivity (Wildman–Crippen MR) is 104 cm³/mol. The van der Waals surface area contributed by atoms with Gasteiger partial charge in [-0.1, -0.05) is 19.1 Å². The molecule has 1 unspecified atom stereocenters. The lowest BCUT2D eigenvalue weighted by Gasteiger charge is -2.35. The van der Waals surface area contributed by atoms with Crippen LogP contribution in [-0.4, -0.2) is 70.9 Å². The molecule has 2 aliphatic rings. The van der Waals surface area contributed by atoms with Crippen molar-refractivity contribution in [3.63, 3.8) is 0 Å². The summed E-state index contributed by atoms with van der Waals surface area (Å²) in [6, 6.07) is 5.92. The summed E-state index contributed by atoms with van der Waals surface area (Å²) >= 11 is 0. The first-order valence-corrected chi connectivity index (χ1v) is 9.42. The maximum atomic E-state index is 12.3. The molecule has 0 aliphatic carbocycles. The molecule has 0 saturated carbocycles. The van der Waals surface area contributed by atoms with E-state index in [9.17, 15) is 24.5 Å². The predicted octanol–water partition coefficient (Wildman–Crippen LogP) is 0.469. The third-order valence-electron chi connectivity index (χ3n) is 5.36. The Morgan fingerprint density at radius 1 is 1.24 bits per heavy atom. The Balaban J connectivity index is 1.54. The first-order chi connectivity index (χ1) is 13.7. The SMILES string of the molecule is CCC1(C)NC(=O)N(NC(=O)CN2CCN(c3ccccc3[N+](=O)[O-])CC2)C1=O. The summed E-state index contributed by atoms with van der Waals surface area (Å²) in [5.74, 6) is -0.951. The third kappa shape index (κ3) is 4.14. The van der Waals surface area contributed by atoms with Crippen molar-refractivity contribution in [3.8, 4) is 0 Å². The second kappa shape index (κ2) is 8.03. The monoisotopic (exact) mass is 404 g/mol. The van der Waals surface area contributed by atoms with Gasteiger partial charge in [0.1, 0.15) is 11.2 Å². The van der Waals surface area contributed by atoms with E-state index in [0.717, 1.165) is 5.01 Å². The van der Waals surface area contributed by atoms with Gasteiger partial charge in [-0.15, -0.1) is 0 Å². The van der Waals surface area contributed by atoms with Gasteiger partial charge in [0, 0.05) is 32.2 Å². The number of benzene rings is 1. The molecule has 1 aromatic carbocycles. The van der Waals surface area contributed by atoms with Crippen LogP contribution in [-0.2, 0) is 9.59 Å². The van der Waals surface area contributed by atoms with Crippen LogP contribution in [0.3, 0.4) is 0 Å². The van der Waals surface area contributed by atoms with Gasteiger partial charge in [-0.25, -0.2) is 4.79 Å². The molecule has 29 heavy (non-hydrogen) atoms. The lowest BCUT2D eigenvalue weighted by atomic mass is 10.00. The van der Waals surface area contributed by atoms with E-state index in [1.54, 1.807) is 32.0 Å². The van der Waals surface area contributed by atoms with Gasteiger partial charge in [0.25, 0.3) is 17.5 Å². The van der Waals surface area contributed by atoms with Crippen LogP contribution in [0.4, 0.5) is 16.2 Å². The van der Waals surface area contributed by atoms with E-state index in [2.05, 4.69) is 10.7 Å². The summed E-state index contributed by atoms with van der Waals surface area (Å²) in [5, 5.41) is 14.5. The van der Waals surface area contributed by atoms with E-state index in [1.165, 1.54) is 6.07 Å². The first kappa shape index (κ1) is 20.5. The van der Waals surface area contributed by atoms with Crippen LogP contribution in [0.5, 0.6) is 0 Å². The Hall–Kier alpha value is -3.21. The number of urea groups is 1. The summed E-state index contributed by atoms with van der Waals surface area (Å²) < 4.78 is 0. The second-order valence-corrected chi connectivity index (χ2v) is 7.30.